The molecule has 1 heterocycles. The van der Waals surface area contributed by atoms with Crippen molar-refractivity contribution in [2.45, 2.75) is 18.8 Å². The number of nitro groups is 1. The van der Waals surface area contributed by atoms with Crippen LogP contribution < -0.4 is 0 Å². The zero-order chi connectivity index (χ0) is 11.8. The quantitative estimate of drug-likeness (QED) is 0.433. The molecule has 0 N–H and O–H groups in total. The van der Waals surface area contributed by atoms with Gasteiger partial charge in [0.05, 0.1) is 16.9 Å². The minimum Gasteiger partial charge on any atom is -0.465 e. The maximum absolute atomic E-state index is 11.6. The molecule has 0 amide bonds. The maximum atomic E-state index is 11.6. The van der Waals surface area contributed by atoms with Gasteiger partial charge in [-0.05, 0) is 6.92 Å². The summed E-state index contributed by atoms with van der Waals surface area (Å²) in [7, 11) is 0. The van der Waals surface area contributed by atoms with Crippen molar-refractivity contribution in [3.8, 4) is 0 Å². The van der Waals surface area contributed by atoms with Gasteiger partial charge in [0.2, 0.25) is 0 Å². The van der Waals surface area contributed by atoms with Crippen LogP contribution in [-0.4, -0.2) is 17.5 Å². The Morgan fingerprint density at radius 2 is 2.12 bits per heavy atom. The molecule has 0 spiro atoms. The SMILES string of the molecule is CC1(c2ccccc2[N+](=O)[O-])CCOC1=O. The van der Waals surface area contributed by atoms with E-state index >= 15 is 0 Å². The summed E-state index contributed by atoms with van der Waals surface area (Å²) >= 11 is 0. The van der Waals surface area contributed by atoms with E-state index in [4.69, 9.17) is 4.74 Å². The highest BCUT2D eigenvalue weighted by atomic mass is 16.6. The molecular weight excluding hydrogens is 210 g/mol. The molecule has 1 saturated heterocycles. The summed E-state index contributed by atoms with van der Waals surface area (Å²) in [5.74, 6) is -0.387. The fraction of sp³-hybridized carbons (Fsp3) is 0.364. The van der Waals surface area contributed by atoms with Crippen LogP contribution in [0.4, 0.5) is 5.69 Å². The Morgan fingerprint density at radius 1 is 1.44 bits per heavy atom. The normalized spacial score (nSPS) is 24.2. The molecule has 1 unspecified atom stereocenters. The predicted molar refractivity (Wildman–Crippen MR) is 56.0 cm³/mol. The monoisotopic (exact) mass is 221 g/mol. The third-order valence-electron chi connectivity index (χ3n) is 2.98. The van der Waals surface area contributed by atoms with Gasteiger partial charge in [-0.3, -0.25) is 14.9 Å². The van der Waals surface area contributed by atoms with E-state index in [1.54, 1.807) is 25.1 Å². The molecule has 1 atom stereocenters. The van der Waals surface area contributed by atoms with E-state index in [1.165, 1.54) is 6.07 Å². The molecule has 1 aliphatic rings. The Kier molecular flexibility index (Phi) is 2.38. The number of nitro benzene ring substituents is 1. The predicted octanol–water partition coefficient (Wildman–Crippen LogP) is 1.80. The number of nitrogens with zero attached hydrogens (tertiary/aromatic N) is 1. The Morgan fingerprint density at radius 3 is 2.69 bits per heavy atom. The van der Waals surface area contributed by atoms with Gasteiger partial charge in [0, 0.05) is 18.1 Å². The van der Waals surface area contributed by atoms with E-state index in [9.17, 15) is 14.9 Å². The fourth-order valence-corrected chi connectivity index (χ4v) is 1.95. The Bertz CT molecular complexity index is 457. The van der Waals surface area contributed by atoms with E-state index in [-0.39, 0.29) is 11.7 Å². The van der Waals surface area contributed by atoms with Crippen molar-refractivity contribution in [3.63, 3.8) is 0 Å². The van der Waals surface area contributed by atoms with Gasteiger partial charge in [-0.1, -0.05) is 18.2 Å². The molecule has 0 bridgehead atoms. The second kappa shape index (κ2) is 3.59. The van der Waals surface area contributed by atoms with Gasteiger partial charge in [-0.15, -0.1) is 0 Å². The first kappa shape index (κ1) is 10.6. The van der Waals surface area contributed by atoms with E-state index < -0.39 is 10.3 Å². The minimum absolute atomic E-state index is 0.0242. The van der Waals surface area contributed by atoms with Crippen molar-refractivity contribution in [1.29, 1.82) is 0 Å². The van der Waals surface area contributed by atoms with E-state index in [0.29, 0.717) is 18.6 Å². The molecule has 1 aromatic rings. The van der Waals surface area contributed by atoms with Crippen molar-refractivity contribution < 1.29 is 14.5 Å². The fourth-order valence-electron chi connectivity index (χ4n) is 1.95. The van der Waals surface area contributed by atoms with Crippen LogP contribution in [0.1, 0.15) is 18.9 Å². The Labute approximate surface area is 92.2 Å². The highest BCUT2D eigenvalue weighted by molar-refractivity contribution is 5.85. The molecule has 1 aromatic carbocycles. The van der Waals surface area contributed by atoms with E-state index in [1.807, 2.05) is 0 Å². The van der Waals surface area contributed by atoms with E-state index in [0.717, 1.165) is 0 Å². The van der Waals surface area contributed by atoms with Crippen LogP contribution in [0.25, 0.3) is 0 Å². The Balaban J connectivity index is 2.55. The third-order valence-corrected chi connectivity index (χ3v) is 2.98. The second-order valence-corrected chi connectivity index (χ2v) is 3.99. The summed E-state index contributed by atoms with van der Waals surface area (Å²) in [5, 5.41) is 10.9. The summed E-state index contributed by atoms with van der Waals surface area (Å²) in [4.78, 5) is 22.0. The topological polar surface area (TPSA) is 69.4 Å². The van der Waals surface area contributed by atoms with Gasteiger partial charge in [0.25, 0.3) is 5.69 Å². The highest BCUT2D eigenvalue weighted by Crippen LogP contribution is 2.38. The number of cyclic esters (lactones) is 1. The molecule has 5 heteroatoms. The number of carbonyl (C=O) groups excluding carboxylic acids is 1. The summed E-state index contributed by atoms with van der Waals surface area (Å²) < 4.78 is 4.90. The lowest BCUT2D eigenvalue weighted by atomic mass is 9.80. The second-order valence-electron chi connectivity index (χ2n) is 3.99. The molecule has 2 rings (SSSR count). The highest BCUT2D eigenvalue weighted by Gasteiger charge is 2.45. The zero-order valence-electron chi connectivity index (χ0n) is 8.80. The summed E-state index contributed by atoms with van der Waals surface area (Å²) in [6.45, 7) is 2.01. The first-order valence-electron chi connectivity index (χ1n) is 4.97. The van der Waals surface area contributed by atoms with Crippen molar-refractivity contribution >= 4 is 11.7 Å². The number of ether oxygens (including phenoxy) is 1. The molecule has 84 valence electrons. The average molecular weight is 221 g/mol. The first-order valence-corrected chi connectivity index (χ1v) is 4.97. The molecule has 0 saturated carbocycles. The van der Waals surface area contributed by atoms with Gasteiger partial charge in [-0.25, -0.2) is 0 Å². The molecule has 0 radical (unpaired) electrons. The minimum atomic E-state index is -0.885. The maximum Gasteiger partial charge on any atom is 0.316 e. The summed E-state index contributed by atoms with van der Waals surface area (Å²) in [6.07, 6.45) is 0.483. The molecule has 1 aliphatic heterocycles. The van der Waals surface area contributed by atoms with Crippen LogP contribution in [0.15, 0.2) is 24.3 Å². The third kappa shape index (κ3) is 1.44. The lowest BCUT2D eigenvalue weighted by molar-refractivity contribution is -0.386. The van der Waals surface area contributed by atoms with E-state index in [2.05, 4.69) is 0 Å². The molecule has 16 heavy (non-hydrogen) atoms. The lowest BCUT2D eigenvalue weighted by Crippen LogP contribution is -2.28. The van der Waals surface area contributed by atoms with Crippen molar-refractivity contribution in [2.24, 2.45) is 0 Å². The van der Waals surface area contributed by atoms with Crippen LogP contribution in [0.2, 0.25) is 0 Å². The van der Waals surface area contributed by atoms with Crippen molar-refractivity contribution in [1.82, 2.24) is 0 Å². The number of hydrogen-bond acceptors (Lipinski definition) is 4. The number of hydrogen-bond donors (Lipinski definition) is 0. The summed E-state index contributed by atoms with van der Waals surface area (Å²) in [5.41, 5.74) is -0.477. The van der Waals surface area contributed by atoms with Crippen LogP contribution in [-0.2, 0) is 14.9 Å². The van der Waals surface area contributed by atoms with Gasteiger partial charge >= 0.3 is 5.97 Å². The number of carbonyl (C=O) groups is 1. The van der Waals surface area contributed by atoms with Gasteiger partial charge < -0.3 is 4.74 Å². The number of benzene rings is 1. The van der Waals surface area contributed by atoms with Gasteiger partial charge in [0.15, 0.2) is 0 Å². The van der Waals surface area contributed by atoms with Crippen LogP contribution >= 0.6 is 0 Å². The zero-order valence-corrected chi connectivity index (χ0v) is 8.80. The Hall–Kier alpha value is -1.91. The van der Waals surface area contributed by atoms with Gasteiger partial charge in [-0.2, -0.15) is 0 Å². The van der Waals surface area contributed by atoms with Crippen LogP contribution in [0.5, 0.6) is 0 Å². The van der Waals surface area contributed by atoms with Crippen molar-refractivity contribution in [3.05, 3.63) is 39.9 Å². The molecule has 0 aromatic heterocycles. The average Bonchev–Trinajstić information content (AvgIpc) is 2.60. The number of para-hydroxylation sites is 1. The standard InChI is InChI=1S/C11H11NO4/c1-11(6-7-16-10(11)13)8-4-2-3-5-9(8)12(14)15/h2-5H,6-7H2,1H3. The summed E-state index contributed by atoms with van der Waals surface area (Å²) in [6, 6.07) is 6.31. The van der Waals surface area contributed by atoms with Crippen LogP contribution in [0, 0.1) is 10.1 Å². The smallest absolute Gasteiger partial charge is 0.316 e. The number of rotatable bonds is 2. The molecule has 5 nitrogen and oxygen atoms in total. The van der Waals surface area contributed by atoms with Crippen LogP contribution in [0.3, 0.4) is 0 Å². The molecule has 0 aliphatic carbocycles. The number of esters is 1. The molecular formula is C11H11NO4. The van der Waals surface area contributed by atoms with Gasteiger partial charge in [0.1, 0.15) is 0 Å². The first-order chi connectivity index (χ1) is 7.55. The lowest BCUT2D eigenvalue weighted by Gasteiger charge is -2.18. The molecule has 1 fully saturated rings. The van der Waals surface area contributed by atoms with Crippen molar-refractivity contribution in [2.75, 3.05) is 6.61 Å². The largest absolute Gasteiger partial charge is 0.465 e.